The van der Waals surface area contributed by atoms with Crippen LogP contribution in [0, 0.1) is 11.8 Å². The summed E-state index contributed by atoms with van der Waals surface area (Å²) in [5.74, 6) is 1.69. The highest BCUT2D eigenvalue weighted by Crippen LogP contribution is 2.41. The molecule has 2 fully saturated rings. The maximum atomic E-state index is 12.9. The lowest BCUT2D eigenvalue weighted by molar-refractivity contribution is 0.0917. The lowest BCUT2D eigenvalue weighted by Gasteiger charge is -2.26. The second-order valence-electron chi connectivity index (χ2n) is 8.08. The molecule has 0 bridgehead atoms. The van der Waals surface area contributed by atoms with Crippen LogP contribution in [0.3, 0.4) is 0 Å². The molecule has 0 unspecified atom stereocenters. The van der Waals surface area contributed by atoms with Crippen LogP contribution in [-0.2, 0) is 12.8 Å². The molecule has 0 spiro atoms. The van der Waals surface area contributed by atoms with E-state index in [0.29, 0.717) is 37.2 Å². The SMILES string of the molecule is CCN(CC)C(=O)N1C[C@H](NC(=O)c2noc3c2CCCC3)[C@@H](C2CC2)C1. The molecule has 3 aliphatic rings. The summed E-state index contributed by atoms with van der Waals surface area (Å²) in [6.45, 7) is 6.75. The Morgan fingerprint density at radius 3 is 2.63 bits per heavy atom. The first kappa shape index (κ1) is 18.3. The topological polar surface area (TPSA) is 78.7 Å². The van der Waals surface area contributed by atoms with Gasteiger partial charge < -0.3 is 19.6 Å². The second kappa shape index (κ2) is 7.52. The highest BCUT2D eigenvalue weighted by molar-refractivity contribution is 5.94. The van der Waals surface area contributed by atoms with Crippen molar-refractivity contribution in [3.8, 4) is 0 Å². The van der Waals surface area contributed by atoms with Gasteiger partial charge in [-0.25, -0.2) is 4.79 Å². The summed E-state index contributed by atoms with van der Waals surface area (Å²) in [5, 5.41) is 7.25. The molecule has 3 amide bonds. The molecule has 1 saturated carbocycles. The van der Waals surface area contributed by atoms with E-state index in [-0.39, 0.29) is 18.0 Å². The predicted molar refractivity (Wildman–Crippen MR) is 101 cm³/mol. The van der Waals surface area contributed by atoms with Gasteiger partial charge in [0.2, 0.25) is 0 Å². The first-order chi connectivity index (χ1) is 13.1. The minimum atomic E-state index is -0.144. The molecule has 2 aliphatic carbocycles. The number of urea groups is 1. The number of aryl methyl sites for hydroxylation is 1. The Morgan fingerprint density at radius 1 is 1.19 bits per heavy atom. The average Bonchev–Trinajstić information content (AvgIpc) is 3.29. The lowest BCUT2D eigenvalue weighted by Crippen LogP contribution is -2.44. The molecule has 0 aromatic carbocycles. The summed E-state index contributed by atoms with van der Waals surface area (Å²) < 4.78 is 5.40. The minimum Gasteiger partial charge on any atom is -0.360 e. The second-order valence-corrected chi connectivity index (χ2v) is 8.08. The van der Waals surface area contributed by atoms with Crippen molar-refractivity contribution in [3.05, 3.63) is 17.0 Å². The third kappa shape index (κ3) is 3.56. The van der Waals surface area contributed by atoms with Crippen molar-refractivity contribution in [1.29, 1.82) is 0 Å². The molecule has 1 aromatic rings. The molecular weight excluding hydrogens is 344 g/mol. The van der Waals surface area contributed by atoms with Crippen LogP contribution in [0.4, 0.5) is 4.79 Å². The number of likely N-dealkylation sites (tertiary alicyclic amines) is 1. The number of carbonyl (C=O) groups is 2. The van der Waals surface area contributed by atoms with E-state index in [1.54, 1.807) is 0 Å². The third-order valence-electron chi connectivity index (χ3n) is 6.38. The van der Waals surface area contributed by atoms with Crippen LogP contribution in [0.5, 0.6) is 0 Å². The fourth-order valence-electron chi connectivity index (χ4n) is 4.63. The summed E-state index contributed by atoms with van der Waals surface area (Å²) in [4.78, 5) is 29.4. The van der Waals surface area contributed by atoms with Crippen LogP contribution in [0.25, 0.3) is 0 Å². The molecule has 1 aromatic heterocycles. The van der Waals surface area contributed by atoms with Crippen molar-refractivity contribution in [1.82, 2.24) is 20.3 Å². The summed E-state index contributed by atoms with van der Waals surface area (Å²) >= 11 is 0. The molecule has 27 heavy (non-hydrogen) atoms. The number of carbonyl (C=O) groups excluding carboxylic acids is 2. The van der Waals surface area contributed by atoms with E-state index in [2.05, 4.69) is 10.5 Å². The van der Waals surface area contributed by atoms with Crippen LogP contribution >= 0.6 is 0 Å². The first-order valence-electron chi connectivity index (χ1n) is 10.4. The molecule has 2 atom stereocenters. The lowest BCUT2D eigenvalue weighted by atomic mass is 9.95. The number of hydrogen-bond acceptors (Lipinski definition) is 4. The Kier molecular flexibility index (Phi) is 5.10. The number of amides is 3. The van der Waals surface area contributed by atoms with Crippen LogP contribution < -0.4 is 5.32 Å². The highest BCUT2D eigenvalue weighted by Gasteiger charge is 2.45. The van der Waals surface area contributed by atoms with E-state index in [9.17, 15) is 9.59 Å². The van der Waals surface area contributed by atoms with Crippen molar-refractivity contribution < 1.29 is 14.1 Å². The molecule has 2 heterocycles. The summed E-state index contributed by atoms with van der Waals surface area (Å²) in [6, 6.07) is 0.0849. The van der Waals surface area contributed by atoms with Gasteiger partial charge in [0.15, 0.2) is 5.69 Å². The first-order valence-corrected chi connectivity index (χ1v) is 10.4. The number of hydrogen-bond donors (Lipinski definition) is 1. The van der Waals surface area contributed by atoms with Crippen LogP contribution in [-0.4, -0.2) is 59.1 Å². The van der Waals surface area contributed by atoms with Crippen molar-refractivity contribution >= 4 is 11.9 Å². The van der Waals surface area contributed by atoms with Gasteiger partial charge in [0, 0.05) is 44.1 Å². The fraction of sp³-hybridized carbons (Fsp3) is 0.750. The van der Waals surface area contributed by atoms with Crippen molar-refractivity contribution in [2.45, 2.75) is 58.4 Å². The van der Waals surface area contributed by atoms with Gasteiger partial charge in [-0.15, -0.1) is 0 Å². The van der Waals surface area contributed by atoms with E-state index in [1.165, 1.54) is 12.8 Å². The third-order valence-corrected chi connectivity index (χ3v) is 6.38. The smallest absolute Gasteiger partial charge is 0.320 e. The molecular formula is C20H30N4O3. The molecule has 1 N–H and O–H groups in total. The highest BCUT2D eigenvalue weighted by atomic mass is 16.5. The summed E-state index contributed by atoms with van der Waals surface area (Å²) in [7, 11) is 0. The molecule has 4 rings (SSSR count). The average molecular weight is 374 g/mol. The van der Waals surface area contributed by atoms with Crippen LogP contribution in [0.15, 0.2) is 4.52 Å². The van der Waals surface area contributed by atoms with E-state index in [0.717, 1.165) is 43.6 Å². The van der Waals surface area contributed by atoms with Gasteiger partial charge in [0.1, 0.15) is 5.76 Å². The maximum absolute atomic E-state index is 12.9. The Morgan fingerprint density at radius 2 is 1.93 bits per heavy atom. The molecule has 148 valence electrons. The quantitative estimate of drug-likeness (QED) is 0.859. The molecule has 1 saturated heterocycles. The number of fused-ring (bicyclic) bond motifs is 1. The number of rotatable bonds is 5. The van der Waals surface area contributed by atoms with Gasteiger partial charge >= 0.3 is 6.03 Å². The molecule has 7 nitrogen and oxygen atoms in total. The van der Waals surface area contributed by atoms with Gasteiger partial charge in [0.05, 0.1) is 6.04 Å². The number of aromatic nitrogens is 1. The van der Waals surface area contributed by atoms with E-state index < -0.39 is 0 Å². The van der Waals surface area contributed by atoms with Crippen LogP contribution in [0.1, 0.15) is 61.3 Å². The van der Waals surface area contributed by atoms with Crippen LogP contribution in [0.2, 0.25) is 0 Å². The minimum absolute atomic E-state index is 0.000419. The molecule has 1 aliphatic heterocycles. The number of nitrogens with one attached hydrogen (secondary N) is 1. The summed E-state index contributed by atoms with van der Waals surface area (Å²) in [6.07, 6.45) is 6.31. The Bertz CT molecular complexity index is 708. The van der Waals surface area contributed by atoms with Crippen molar-refractivity contribution in [3.63, 3.8) is 0 Å². The van der Waals surface area contributed by atoms with Gasteiger partial charge in [-0.05, 0) is 51.9 Å². The fourth-order valence-corrected chi connectivity index (χ4v) is 4.63. The number of nitrogens with zero attached hydrogens (tertiary/aromatic N) is 3. The van der Waals surface area contributed by atoms with Gasteiger partial charge in [-0.2, -0.15) is 0 Å². The zero-order valence-electron chi connectivity index (χ0n) is 16.4. The van der Waals surface area contributed by atoms with E-state index in [4.69, 9.17) is 4.52 Å². The Balaban J connectivity index is 1.46. The summed E-state index contributed by atoms with van der Waals surface area (Å²) in [5.41, 5.74) is 1.43. The largest absolute Gasteiger partial charge is 0.360 e. The Labute approximate surface area is 160 Å². The Hall–Kier alpha value is -2.05. The molecule has 7 heteroatoms. The monoisotopic (exact) mass is 374 g/mol. The van der Waals surface area contributed by atoms with Crippen molar-refractivity contribution in [2.24, 2.45) is 11.8 Å². The molecule has 0 radical (unpaired) electrons. The van der Waals surface area contributed by atoms with E-state index >= 15 is 0 Å². The standard InChI is InChI=1S/C20H30N4O3/c1-3-23(4-2)20(26)24-11-15(13-9-10-13)16(12-24)21-19(25)18-14-7-5-6-8-17(14)27-22-18/h13,15-16H,3-12H2,1-2H3,(H,21,25)/t15-,16+/m1/s1. The maximum Gasteiger partial charge on any atom is 0.320 e. The van der Waals surface area contributed by atoms with Gasteiger partial charge in [0.25, 0.3) is 5.91 Å². The zero-order chi connectivity index (χ0) is 19.0. The predicted octanol–water partition coefficient (Wildman–Crippen LogP) is 2.46. The normalized spacial score (nSPS) is 24.6. The van der Waals surface area contributed by atoms with E-state index in [1.807, 2.05) is 23.6 Å². The van der Waals surface area contributed by atoms with Gasteiger partial charge in [-0.3, -0.25) is 4.79 Å². The van der Waals surface area contributed by atoms with Crippen molar-refractivity contribution in [2.75, 3.05) is 26.2 Å². The van der Waals surface area contributed by atoms with Gasteiger partial charge in [-0.1, -0.05) is 5.16 Å². The zero-order valence-corrected chi connectivity index (χ0v) is 16.4.